The largest absolute Gasteiger partial charge is 0.460 e. The van der Waals surface area contributed by atoms with E-state index < -0.39 is 23.8 Å². The van der Waals surface area contributed by atoms with Gasteiger partial charge in [0.15, 0.2) is 11.6 Å². The zero-order valence-electron chi connectivity index (χ0n) is 10.5. The first-order valence-corrected chi connectivity index (χ1v) is 5.82. The highest BCUT2D eigenvalue weighted by Crippen LogP contribution is 2.58. The highest BCUT2D eigenvalue weighted by Gasteiger charge is 2.50. The van der Waals surface area contributed by atoms with Crippen LogP contribution < -0.4 is 0 Å². The van der Waals surface area contributed by atoms with Crippen molar-refractivity contribution in [3.8, 4) is 0 Å². The molecule has 0 bridgehead atoms. The molecule has 0 radical (unpaired) electrons. The number of esters is 1. The van der Waals surface area contributed by atoms with Crippen molar-refractivity contribution in [3.63, 3.8) is 0 Å². The van der Waals surface area contributed by atoms with Gasteiger partial charge >= 0.3 is 5.97 Å². The number of halogens is 2. The molecule has 0 saturated heterocycles. The summed E-state index contributed by atoms with van der Waals surface area (Å²) < 4.78 is 35.4. The molecule has 2 rings (SSSR count). The third-order valence-corrected chi connectivity index (χ3v) is 3.15. The minimum atomic E-state index is -2.84. The zero-order chi connectivity index (χ0) is 13.5. The van der Waals surface area contributed by atoms with E-state index in [4.69, 9.17) is 4.42 Å². The topological polar surface area (TPSA) is 52.3 Å². The van der Waals surface area contributed by atoms with Crippen LogP contribution in [0.1, 0.15) is 61.7 Å². The van der Waals surface area contributed by atoms with E-state index >= 15 is 0 Å². The van der Waals surface area contributed by atoms with Gasteiger partial charge in [0, 0.05) is 5.92 Å². The molecule has 0 spiro atoms. The number of rotatable bonds is 4. The second kappa shape index (κ2) is 4.33. The number of nitrogens with zero attached hydrogens (tertiary/aromatic N) is 1. The van der Waals surface area contributed by atoms with E-state index in [1.165, 1.54) is 0 Å². The Kier molecular flexibility index (Phi) is 3.12. The maximum Gasteiger partial charge on any atom is 0.376 e. The van der Waals surface area contributed by atoms with Crippen LogP contribution >= 0.6 is 0 Å². The zero-order valence-corrected chi connectivity index (χ0v) is 10.5. The fraction of sp³-hybridized carbons (Fsp3) is 0.667. The number of hydrogen-bond acceptors (Lipinski definition) is 4. The molecule has 4 nitrogen and oxygen atoms in total. The summed E-state index contributed by atoms with van der Waals surface area (Å²) in [6.07, 6.45) is -2.03. The lowest BCUT2D eigenvalue weighted by Gasteiger charge is -1.99. The van der Waals surface area contributed by atoms with Crippen LogP contribution in [-0.4, -0.2) is 17.6 Å². The summed E-state index contributed by atoms with van der Waals surface area (Å²) in [6, 6.07) is 0. The summed E-state index contributed by atoms with van der Waals surface area (Å²) >= 11 is 0. The van der Waals surface area contributed by atoms with Crippen molar-refractivity contribution in [1.29, 1.82) is 0 Å². The Bertz CT molecular complexity index is 468. The average Bonchev–Trinajstić information content (AvgIpc) is 2.76. The molecule has 6 heteroatoms. The van der Waals surface area contributed by atoms with Crippen molar-refractivity contribution in [1.82, 2.24) is 4.98 Å². The Morgan fingerprint density at radius 2 is 2.22 bits per heavy atom. The molecule has 1 saturated carbocycles. The molecular weight excluding hydrogens is 244 g/mol. The van der Waals surface area contributed by atoms with Gasteiger partial charge in [-0.1, -0.05) is 13.8 Å². The van der Waals surface area contributed by atoms with Crippen LogP contribution in [0, 0.1) is 5.41 Å². The summed E-state index contributed by atoms with van der Waals surface area (Å²) in [6.45, 7) is 5.69. The average molecular weight is 259 g/mol. The van der Waals surface area contributed by atoms with Crippen molar-refractivity contribution in [2.45, 2.75) is 39.5 Å². The van der Waals surface area contributed by atoms with Crippen molar-refractivity contribution in [2.75, 3.05) is 6.61 Å². The van der Waals surface area contributed by atoms with Gasteiger partial charge in [-0.05, 0) is 18.8 Å². The Balaban J connectivity index is 2.30. The lowest BCUT2D eigenvalue weighted by atomic mass is 10.1. The fourth-order valence-corrected chi connectivity index (χ4v) is 1.88. The van der Waals surface area contributed by atoms with Gasteiger partial charge in [-0.25, -0.2) is 18.6 Å². The van der Waals surface area contributed by atoms with Crippen LogP contribution in [0.15, 0.2) is 4.42 Å². The number of alkyl halides is 2. The lowest BCUT2D eigenvalue weighted by molar-refractivity contribution is 0.0473. The van der Waals surface area contributed by atoms with Crippen LogP contribution in [0.5, 0.6) is 0 Å². The predicted molar refractivity (Wildman–Crippen MR) is 58.6 cm³/mol. The molecule has 1 heterocycles. The first-order chi connectivity index (χ1) is 8.36. The SMILES string of the molecule is CCOC(=O)c1oc(C2CC2(C)C)nc1C(F)F. The highest BCUT2D eigenvalue weighted by atomic mass is 19.3. The Hall–Kier alpha value is -1.46. The molecule has 1 aromatic rings. The number of oxazole rings is 1. The maximum absolute atomic E-state index is 12.8. The number of aromatic nitrogens is 1. The van der Waals surface area contributed by atoms with Gasteiger partial charge in [-0.15, -0.1) is 0 Å². The smallest absolute Gasteiger partial charge is 0.376 e. The van der Waals surface area contributed by atoms with E-state index in [0.717, 1.165) is 6.42 Å². The van der Waals surface area contributed by atoms with E-state index in [2.05, 4.69) is 9.72 Å². The van der Waals surface area contributed by atoms with E-state index in [0.29, 0.717) is 0 Å². The monoisotopic (exact) mass is 259 g/mol. The summed E-state index contributed by atoms with van der Waals surface area (Å²) in [7, 11) is 0. The number of ether oxygens (including phenoxy) is 1. The third kappa shape index (κ3) is 2.23. The van der Waals surface area contributed by atoms with Crippen LogP contribution in [0.4, 0.5) is 8.78 Å². The molecular formula is C12H15F2NO3. The number of carbonyl (C=O) groups excluding carboxylic acids is 1. The van der Waals surface area contributed by atoms with Gasteiger partial charge in [0.1, 0.15) is 0 Å². The van der Waals surface area contributed by atoms with E-state index in [9.17, 15) is 13.6 Å². The standard InChI is InChI=1S/C12H15F2NO3/c1-4-17-11(16)8-7(9(13)14)15-10(18-8)6-5-12(6,2)3/h6,9H,4-5H2,1-3H3. The van der Waals surface area contributed by atoms with Crippen LogP contribution in [-0.2, 0) is 4.74 Å². The van der Waals surface area contributed by atoms with Crippen LogP contribution in [0.3, 0.4) is 0 Å². The quantitative estimate of drug-likeness (QED) is 0.778. The molecule has 100 valence electrons. The Labute approximate surface area is 103 Å². The third-order valence-electron chi connectivity index (χ3n) is 3.15. The molecule has 1 fully saturated rings. The van der Waals surface area contributed by atoms with Gasteiger partial charge in [-0.3, -0.25) is 0 Å². The normalized spacial score (nSPS) is 21.1. The van der Waals surface area contributed by atoms with Gasteiger partial charge in [-0.2, -0.15) is 0 Å². The molecule has 1 aliphatic rings. The van der Waals surface area contributed by atoms with Gasteiger partial charge in [0.05, 0.1) is 6.61 Å². The number of carbonyl (C=O) groups is 1. The van der Waals surface area contributed by atoms with Crippen molar-refractivity contribution in [2.24, 2.45) is 5.41 Å². The second-order valence-electron chi connectivity index (χ2n) is 5.03. The van der Waals surface area contributed by atoms with Crippen molar-refractivity contribution < 1.29 is 22.7 Å². The van der Waals surface area contributed by atoms with E-state index in [1.54, 1.807) is 6.92 Å². The van der Waals surface area contributed by atoms with E-state index in [1.807, 2.05) is 13.8 Å². The second-order valence-corrected chi connectivity index (χ2v) is 5.03. The van der Waals surface area contributed by atoms with E-state index in [-0.39, 0.29) is 23.8 Å². The molecule has 0 aromatic carbocycles. The first-order valence-electron chi connectivity index (χ1n) is 5.82. The molecule has 1 atom stereocenters. The molecule has 1 aliphatic carbocycles. The fourth-order valence-electron chi connectivity index (χ4n) is 1.88. The summed E-state index contributed by atoms with van der Waals surface area (Å²) in [5.41, 5.74) is -0.623. The van der Waals surface area contributed by atoms with Gasteiger partial charge in [0.25, 0.3) is 6.43 Å². The predicted octanol–water partition coefficient (Wildman–Crippen LogP) is 3.30. The molecule has 0 amide bonds. The van der Waals surface area contributed by atoms with Gasteiger partial charge in [0.2, 0.25) is 5.76 Å². The highest BCUT2D eigenvalue weighted by molar-refractivity contribution is 5.87. The molecule has 0 aliphatic heterocycles. The molecule has 18 heavy (non-hydrogen) atoms. The molecule has 1 aromatic heterocycles. The maximum atomic E-state index is 12.8. The Morgan fingerprint density at radius 3 is 2.67 bits per heavy atom. The van der Waals surface area contributed by atoms with Gasteiger partial charge < -0.3 is 9.15 Å². The summed E-state index contributed by atoms with van der Waals surface area (Å²) in [5, 5.41) is 0. The van der Waals surface area contributed by atoms with Crippen molar-refractivity contribution >= 4 is 5.97 Å². The molecule has 0 N–H and O–H groups in total. The lowest BCUT2D eigenvalue weighted by Crippen LogP contribution is -2.06. The Morgan fingerprint density at radius 1 is 1.61 bits per heavy atom. The first kappa shape index (κ1) is 13.0. The summed E-state index contributed by atoms with van der Waals surface area (Å²) in [5.74, 6) is -1.15. The summed E-state index contributed by atoms with van der Waals surface area (Å²) in [4.78, 5) is 15.3. The van der Waals surface area contributed by atoms with Crippen molar-refractivity contribution in [3.05, 3.63) is 17.3 Å². The van der Waals surface area contributed by atoms with Crippen LogP contribution in [0.2, 0.25) is 0 Å². The minimum absolute atomic E-state index is 0.00169. The van der Waals surface area contributed by atoms with Crippen LogP contribution in [0.25, 0.3) is 0 Å². The number of hydrogen-bond donors (Lipinski definition) is 0. The minimum Gasteiger partial charge on any atom is -0.460 e. The molecule has 1 unspecified atom stereocenters.